The van der Waals surface area contributed by atoms with Crippen LogP contribution in [0.4, 0.5) is 0 Å². The summed E-state index contributed by atoms with van der Waals surface area (Å²) in [6.07, 6.45) is 2.39. The molecule has 94 valence electrons. The molecule has 1 N–H and O–H groups in total. The molecule has 0 unspecified atom stereocenters. The number of hydrogen-bond acceptors (Lipinski definition) is 3. The minimum absolute atomic E-state index is 0.149. The van der Waals surface area contributed by atoms with Crippen LogP contribution in [0.1, 0.15) is 11.4 Å². The fraction of sp³-hybridized carbons (Fsp3) is 0.167. The molecule has 0 atom stereocenters. The van der Waals surface area contributed by atoms with Gasteiger partial charge in [0.05, 0.1) is 10.0 Å². The van der Waals surface area contributed by atoms with E-state index in [2.05, 4.69) is 9.97 Å². The second-order valence-corrected chi connectivity index (χ2v) is 5.30. The summed E-state index contributed by atoms with van der Waals surface area (Å²) in [4.78, 5) is 18.5. The molecule has 1 aromatic heterocycles. The number of thioether (sulfide) groups is 1. The first-order valence-corrected chi connectivity index (χ1v) is 7.14. The molecular weight excluding hydrogens is 291 g/mol. The second-order valence-electron chi connectivity index (χ2n) is 3.66. The molecule has 0 aliphatic heterocycles. The zero-order valence-corrected chi connectivity index (χ0v) is 11.9. The third kappa shape index (κ3) is 3.28. The van der Waals surface area contributed by atoms with Gasteiger partial charge in [-0.1, -0.05) is 29.3 Å². The maximum Gasteiger partial charge on any atom is 0.251 e. The van der Waals surface area contributed by atoms with E-state index < -0.39 is 0 Å². The zero-order valence-electron chi connectivity index (χ0n) is 9.54. The standard InChI is InChI=1S/C12H10Cl2N2OS/c1-18-12-6-11(17)15-10(16-12)5-7-2-3-8(13)9(14)4-7/h2-4,6H,5H2,1H3,(H,15,16,17). The van der Waals surface area contributed by atoms with Gasteiger partial charge in [0.15, 0.2) is 0 Å². The Bertz CT molecular complexity index is 628. The van der Waals surface area contributed by atoms with Crippen molar-refractivity contribution in [2.75, 3.05) is 6.26 Å². The molecule has 18 heavy (non-hydrogen) atoms. The van der Waals surface area contributed by atoms with Gasteiger partial charge >= 0.3 is 0 Å². The quantitative estimate of drug-likeness (QED) is 0.698. The van der Waals surface area contributed by atoms with E-state index in [1.165, 1.54) is 17.8 Å². The summed E-state index contributed by atoms with van der Waals surface area (Å²) in [5.74, 6) is 0.616. The molecule has 0 fully saturated rings. The summed E-state index contributed by atoms with van der Waals surface area (Å²) in [5.41, 5.74) is 0.801. The van der Waals surface area contributed by atoms with Crippen LogP contribution in [0.25, 0.3) is 0 Å². The number of H-pyrrole nitrogens is 1. The normalized spacial score (nSPS) is 10.6. The molecule has 0 bridgehead atoms. The van der Waals surface area contributed by atoms with Crippen molar-refractivity contribution in [2.45, 2.75) is 11.4 Å². The van der Waals surface area contributed by atoms with Crippen LogP contribution in [0.5, 0.6) is 0 Å². The van der Waals surface area contributed by atoms with Crippen LogP contribution in [0.3, 0.4) is 0 Å². The van der Waals surface area contributed by atoms with E-state index in [1.54, 1.807) is 12.1 Å². The zero-order chi connectivity index (χ0) is 13.1. The van der Waals surface area contributed by atoms with Gasteiger partial charge in [0.25, 0.3) is 5.56 Å². The van der Waals surface area contributed by atoms with Crippen LogP contribution < -0.4 is 5.56 Å². The Hall–Kier alpha value is -0.970. The first-order valence-electron chi connectivity index (χ1n) is 5.16. The molecule has 2 rings (SSSR count). The van der Waals surface area contributed by atoms with Crippen LogP contribution in [-0.2, 0) is 6.42 Å². The predicted molar refractivity (Wildman–Crippen MR) is 75.9 cm³/mol. The van der Waals surface area contributed by atoms with Gasteiger partial charge in [-0.05, 0) is 24.0 Å². The summed E-state index contributed by atoms with van der Waals surface area (Å²) in [7, 11) is 0. The van der Waals surface area contributed by atoms with Gasteiger partial charge in [-0.3, -0.25) is 4.79 Å². The van der Waals surface area contributed by atoms with Crippen LogP contribution in [0.2, 0.25) is 10.0 Å². The SMILES string of the molecule is CSc1cc(=O)[nH]c(Cc2ccc(Cl)c(Cl)c2)n1. The van der Waals surface area contributed by atoms with E-state index in [1.807, 2.05) is 12.3 Å². The van der Waals surface area contributed by atoms with Gasteiger partial charge in [-0.25, -0.2) is 4.98 Å². The van der Waals surface area contributed by atoms with Gasteiger partial charge in [-0.2, -0.15) is 0 Å². The highest BCUT2D eigenvalue weighted by Gasteiger charge is 2.04. The van der Waals surface area contributed by atoms with Gasteiger partial charge in [0, 0.05) is 12.5 Å². The minimum Gasteiger partial charge on any atom is -0.310 e. The number of nitrogens with zero attached hydrogens (tertiary/aromatic N) is 1. The lowest BCUT2D eigenvalue weighted by molar-refractivity contribution is 0.890. The first kappa shape index (κ1) is 13.5. The Labute approximate surface area is 119 Å². The van der Waals surface area contributed by atoms with Crippen molar-refractivity contribution < 1.29 is 0 Å². The molecule has 0 radical (unpaired) electrons. The molecule has 0 spiro atoms. The molecule has 0 aliphatic rings. The Kier molecular flexibility index (Phi) is 4.32. The Morgan fingerprint density at radius 3 is 2.72 bits per heavy atom. The largest absolute Gasteiger partial charge is 0.310 e. The van der Waals surface area contributed by atoms with Crippen molar-refractivity contribution in [3.05, 3.63) is 56.1 Å². The fourth-order valence-electron chi connectivity index (χ4n) is 1.51. The molecule has 0 saturated heterocycles. The number of hydrogen-bond donors (Lipinski definition) is 1. The van der Waals surface area contributed by atoms with E-state index in [9.17, 15) is 4.79 Å². The summed E-state index contributed by atoms with van der Waals surface area (Å²) >= 11 is 13.2. The van der Waals surface area contributed by atoms with Gasteiger partial charge in [0.2, 0.25) is 0 Å². The van der Waals surface area contributed by atoms with Crippen molar-refractivity contribution in [2.24, 2.45) is 0 Å². The third-order valence-corrected chi connectivity index (χ3v) is 3.70. The Morgan fingerprint density at radius 2 is 2.06 bits per heavy atom. The van der Waals surface area contributed by atoms with Gasteiger partial charge < -0.3 is 4.98 Å². The van der Waals surface area contributed by atoms with Crippen LogP contribution in [0, 0.1) is 0 Å². The lowest BCUT2D eigenvalue weighted by Crippen LogP contribution is -2.11. The number of halogens is 2. The average molecular weight is 301 g/mol. The summed E-state index contributed by atoms with van der Waals surface area (Å²) in [6.45, 7) is 0. The topological polar surface area (TPSA) is 45.8 Å². The molecule has 1 heterocycles. The van der Waals surface area contributed by atoms with E-state index in [0.717, 1.165) is 5.56 Å². The fourth-order valence-corrected chi connectivity index (χ4v) is 2.26. The summed E-state index contributed by atoms with van der Waals surface area (Å²) in [5, 5.41) is 1.71. The molecule has 0 saturated carbocycles. The van der Waals surface area contributed by atoms with Crippen molar-refractivity contribution in [3.8, 4) is 0 Å². The van der Waals surface area contributed by atoms with Crippen LogP contribution >= 0.6 is 35.0 Å². The average Bonchev–Trinajstić information content (AvgIpc) is 2.33. The molecule has 6 heteroatoms. The Morgan fingerprint density at radius 1 is 1.28 bits per heavy atom. The molecule has 1 aromatic carbocycles. The maximum atomic E-state index is 11.4. The smallest absolute Gasteiger partial charge is 0.251 e. The molecule has 0 amide bonds. The Balaban J connectivity index is 2.30. The highest BCUT2D eigenvalue weighted by atomic mass is 35.5. The number of nitrogens with one attached hydrogen (secondary N) is 1. The number of rotatable bonds is 3. The highest BCUT2D eigenvalue weighted by molar-refractivity contribution is 7.98. The van der Waals surface area contributed by atoms with E-state index in [-0.39, 0.29) is 5.56 Å². The van der Waals surface area contributed by atoms with Crippen molar-refractivity contribution in [3.63, 3.8) is 0 Å². The molecule has 3 nitrogen and oxygen atoms in total. The van der Waals surface area contributed by atoms with Crippen LogP contribution in [-0.4, -0.2) is 16.2 Å². The van der Waals surface area contributed by atoms with E-state index in [0.29, 0.717) is 27.3 Å². The predicted octanol–water partition coefficient (Wildman–Crippen LogP) is 3.39. The monoisotopic (exact) mass is 300 g/mol. The molecular formula is C12H10Cl2N2OS. The van der Waals surface area contributed by atoms with Crippen LogP contribution in [0.15, 0.2) is 34.1 Å². The van der Waals surface area contributed by atoms with Crippen molar-refractivity contribution in [1.29, 1.82) is 0 Å². The van der Waals surface area contributed by atoms with Gasteiger partial charge in [-0.15, -0.1) is 11.8 Å². The van der Waals surface area contributed by atoms with E-state index >= 15 is 0 Å². The lowest BCUT2D eigenvalue weighted by atomic mass is 10.1. The van der Waals surface area contributed by atoms with E-state index in [4.69, 9.17) is 23.2 Å². The summed E-state index contributed by atoms with van der Waals surface area (Å²) in [6, 6.07) is 6.84. The summed E-state index contributed by atoms with van der Waals surface area (Å²) < 4.78 is 0. The van der Waals surface area contributed by atoms with Crippen molar-refractivity contribution >= 4 is 35.0 Å². The molecule has 0 aliphatic carbocycles. The maximum absolute atomic E-state index is 11.4. The van der Waals surface area contributed by atoms with Crippen molar-refractivity contribution in [1.82, 2.24) is 9.97 Å². The number of aromatic nitrogens is 2. The first-order chi connectivity index (χ1) is 8.58. The minimum atomic E-state index is -0.149. The lowest BCUT2D eigenvalue weighted by Gasteiger charge is -2.04. The highest BCUT2D eigenvalue weighted by Crippen LogP contribution is 2.23. The molecule has 2 aromatic rings. The van der Waals surface area contributed by atoms with Gasteiger partial charge in [0.1, 0.15) is 10.9 Å². The number of aromatic amines is 1. The third-order valence-electron chi connectivity index (χ3n) is 2.33. The second kappa shape index (κ2) is 5.78. The number of benzene rings is 1.